The summed E-state index contributed by atoms with van der Waals surface area (Å²) in [6.45, 7) is 2.87. The average Bonchev–Trinajstić information content (AvgIpc) is 2.83. The van der Waals surface area contributed by atoms with Gasteiger partial charge in [-0.25, -0.2) is 0 Å². The van der Waals surface area contributed by atoms with Crippen LogP contribution in [0.1, 0.15) is 38.0 Å². The Hall–Kier alpha value is -1.29. The Morgan fingerprint density at radius 1 is 1.62 bits per heavy atom. The summed E-state index contributed by atoms with van der Waals surface area (Å²) >= 11 is 0. The van der Waals surface area contributed by atoms with Crippen molar-refractivity contribution in [3.63, 3.8) is 0 Å². The second kappa shape index (κ2) is 5.16. The number of carbonyl (C=O) groups excluding carboxylic acids is 1. The normalized spacial score (nSPS) is 22.7. The van der Waals surface area contributed by atoms with Crippen LogP contribution in [0.3, 0.4) is 0 Å². The van der Waals surface area contributed by atoms with Crippen molar-refractivity contribution in [3.8, 4) is 0 Å². The Balaban J connectivity index is 1.86. The predicted molar refractivity (Wildman–Crippen MR) is 60.9 cm³/mol. The van der Waals surface area contributed by atoms with Gasteiger partial charge in [-0.1, -0.05) is 6.42 Å². The van der Waals surface area contributed by atoms with E-state index in [0.717, 1.165) is 31.6 Å². The van der Waals surface area contributed by atoms with Crippen LogP contribution in [0.4, 0.5) is 0 Å². The summed E-state index contributed by atoms with van der Waals surface area (Å²) in [5.41, 5.74) is 0. The van der Waals surface area contributed by atoms with E-state index < -0.39 is 0 Å². The molecule has 2 heterocycles. The molecule has 1 amide bonds. The first-order valence-corrected chi connectivity index (χ1v) is 5.84. The van der Waals surface area contributed by atoms with Gasteiger partial charge >= 0.3 is 0 Å². The minimum Gasteiger partial charge on any atom is -0.467 e. The lowest BCUT2D eigenvalue weighted by molar-refractivity contribution is -0.124. The molecule has 0 aliphatic carbocycles. The molecule has 1 aromatic rings. The maximum atomic E-state index is 11.9. The van der Waals surface area contributed by atoms with E-state index in [2.05, 4.69) is 10.6 Å². The molecule has 1 unspecified atom stereocenters. The van der Waals surface area contributed by atoms with Gasteiger partial charge in [-0.15, -0.1) is 0 Å². The molecule has 1 aromatic heterocycles. The second-order valence-corrected chi connectivity index (χ2v) is 4.25. The summed E-state index contributed by atoms with van der Waals surface area (Å²) in [6.07, 6.45) is 4.84. The first-order chi connectivity index (χ1) is 7.77. The zero-order valence-electron chi connectivity index (χ0n) is 9.53. The molecule has 0 radical (unpaired) electrons. The summed E-state index contributed by atoms with van der Waals surface area (Å²) in [7, 11) is 0. The van der Waals surface area contributed by atoms with Crippen LogP contribution < -0.4 is 10.6 Å². The lowest BCUT2D eigenvalue weighted by Gasteiger charge is -2.24. The Morgan fingerprint density at radius 3 is 3.12 bits per heavy atom. The fraction of sp³-hybridized carbons (Fsp3) is 0.583. The molecule has 4 nitrogen and oxygen atoms in total. The minimum absolute atomic E-state index is 0.0360. The van der Waals surface area contributed by atoms with E-state index in [-0.39, 0.29) is 18.0 Å². The number of rotatable bonds is 3. The van der Waals surface area contributed by atoms with E-state index in [0.29, 0.717) is 0 Å². The number of piperidine rings is 1. The molecule has 0 spiro atoms. The quantitative estimate of drug-likeness (QED) is 0.816. The molecule has 88 valence electrons. The van der Waals surface area contributed by atoms with E-state index in [4.69, 9.17) is 4.42 Å². The van der Waals surface area contributed by atoms with Crippen LogP contribution >= 0.6 is 0 Å². The highest BCUT2D eigenvalue weighted by Crippen LogP contribution is 2.13. The smallest absolute Gasteiger partial charge is 0.237 e. The van der Waals surface area contributed by atoms with Crippen LogP contribution in [0.15, 0.2) is 22.8 Å². The third-order valence-corrected chi connectivity index (χ3v) is 2.96. The molecule has 4 heteroatoms. The topological polar surface area (TPSA) is 54.3 Å². The van der Waals surface area contributed by atoms with Crippen molar-refractivity contribution in [2.75, 3.05) is 6.54 Å². The Morgan fingerprint density at radius 2 is 2.50 bits per heavy atom. The summed E-state index contributed by atoms with van der Waals surface area (Å²) in [6, 6.07) is 3.60. The largest absolute Gasteiger partial charge is 0.467 e. The van der Waals surface area contributed by atoms with E-state index in [1.165, 1.54) is 0 Å². The van der Waals surface area contributed by atoms with E-state index >= 15 is 0 Å². The fourth-order valence-electron chi connectivity index (χ4n) is 2.00. The van der Waals surface area contributed by atoms with E-state index in [9.17, 15) is 4.79 Å². The highest BCUT2D eigenvalue weighted by molar-refractivity contribution is 5.82. The molecule has 0 aromatic carbocycles. The van der Waals surface area contributed by atoms with Gasteiger partial charge in [-0.05, 0) is 38.4 Å². The number of hydrogen-bond acceptors (Lipinski definition) is 3. The van der Waals surface area contributed by atoms with E-state index in [1.807, 2.05) is 19.1 Å². The van der Waals surface area contributed by atoms with Crippen molar-refractivity contribution in [2.45, 2.75) is 38.3 Å². The van der Waals surface area contributed by atoms with Gasteiger partial charge in [0, 0.05) is 0 Å². The highest BCUT2D eigenvalue weighted by Gasteiger charge is 2.22. The van der Waals surface area contributed by atoms with E-state index in [1.54, 1.807) is 6.26 Å². The van der Waals surface area contributed by atoms with Crippen LogP contribution in [-0.2, 0) is 4.79 Å². The molecule has 0 bridgehead atoms. The van der Waals surface area contributed by atoms with Crippen molar-refractivity contribution in [1.82, 2.24) is 10.6 Å². The first-order valence-electron chi connectivity index (χ1n) is 5.84. The SMILES string of the molecule is CC(NC(=O)[C@H]1CCCCN1)c1ccco1. The molecule has 1 saturated heterocycles. The van der Waals surface area contributed by atoms with Crippen molar-refractivity contribution in [1.29, 1.82) is 0 Å². The molecule has 1 fully saturated rings. The maximum absolute atomic E-state index is 11.9. The summed E-state index contributed by atoms with van der Waals surface area (Å²) in [4.78, 5) is 11.9. The number of furan rings is 1. The number of nitrogens with one attached hydrogen (secondary N) is 2. The summed E-state index contributed by atoms with van der Waals surface area (Å²) in [5.74, 6) is 0.868. The fourth-order valence-corrected chi connectivity index (χ4v) is 2.00. The second-order valence-electron chi connectivity index (χ2n) is 4.25. The Labute approximate surface area is 95.4 Å². The van der Waals surface area contributed by atoms with Crippen LogP contribution in [0.2, 0.25) is 0 Å². The summed E-state index contributed by atoms with van der Waals surface area (Å²) < 4.78 is 5.25. The molecular weight excluding hydrogens is 204 g/mol. The van der Waals surface area contributed by atoms with Crippen LogP contribution in [-0.4, -0.2) is 18.5 Å². The van der Waals surface area contributed by atoms with Crippen molar-refractivity contribution in [2.24, 2.45) is 0 Å². The van der Waals surface area contributed by atoms with Gasteiger partial charge in [0.2, 0.25) is 5.91 Å². The van der Waals surface area contributed by atoms with Crippen molar-refractivity contribution < 1.29 is 9.21 Å². The van der Waals surface area contributed by atoms with Gasteiger partial charge in [0.25, 0.3) is 0 Å². The molecule has 1 aliphatic heterocycles. The molecule has 2 N–H and O–H groups in total. The van der Waals surface area contributed by atoms with Gasteiger partial charge in [0.15, 0.2) is 0 Å². The Kier molecular flexibility index (Phi) is 3.62. The summed E-state index contributed by atoms with van der Waals surface area (Å²) in [5, 5.41) is 6.18. The van der Waals surface area contributed by atoms with Crippen LogP contribution in [0, 0.1) is 0 Å². The standard InChI is InChI=1S/C12H18N2O2/c1-9(11-6-4-8-16-11)14-12(15)10-5-2-3-7-13-10/h4,6,8-10,13H,2-3,5,7H2,1H3,(H,14,15)/t9?,10-/m1/s1. The van der Waals surface area contributed by atoms with Gasteiger partial charge in [0.05, 0.1) is 18.3 Å². The van der Waals surface area contributed by atoms with Crippen molar-refractivity contribution in [3.05, 3.63) is 24.2 Å². The first kappa shape index (κ1) is 11.2. The predicted octanol–water partition coefficient (Wildman–Crippen LogP) is 1.60. The zero-order chi connectivity index (χ0) is 11.4. The number of hydrogen-bond donors (Lipinski definition) is 2. The monoisotopic (exact) mass is 222 g/mol. The molecule has 1 aliphatic rings. The number of amides is 1. The van der Waals surface area contributed by atoms with Crippen molar-refractivity contribution >= 4 is 5.91 Å². The molecule has 0 saturated carbocycles. The third-order valence-electron chi connectivity index (χ3n) is 2.96. The van der Waals surface area contributed by atoms with Crippen LogP contribution in [0.5, 0.6) is 0 Å². The molecule has 2 rings (SSSR count). The molecular formula is C12H18N2O2. The lowest BCUT2D eigenvalue weighted by atomic mass is 10.0. The number of carbonyl (C=O) groups is 1. The van der Waals surface area contributed by atoms with Gasteiger partial charge in [0.1, 0.15) is 5.76 Å². The van der Waals surface area contributed by atoms with Crippen LogP contribution in [0.25, 0.3) is 0 Å². The maximum Gasteiger partial charge on any atom is 0.237 e. The molecule has 16 heavy (non-hydrogen) atoms. The van der Waals surface area contributed by atoms with Gasteiger partial charge in [-0.2, -0.15) is 0 Å². The zero-order valence-corrected chi connectivity index (χ0v) is 9.53. The molecule has 2 atom stereocenters. The third kappa shape index (κ3) is 2.64. The minimum atomic E-state index is -0.0637. The van der Waals surface area contributed by atoms with Gasteiger partial charge < -0.3 is 15.1 Å². The lowest BCUT2D eigenvalue weighted by Crippen LogP contribution is -2.47. The highest BCUT2D eigenvalue weighted by atomic mass is 16.3. The van der Waals surface area contributed by atoms with Gasteiger partial charge in [-0.3, -0.25) is 4.79 Å². The Bertz CT molecular complexity index is 329. The average molecular weight is 222 g/mol.